The lowest BCUT2D eigenvalue weighted by Gasteiger charge is -2.32. The van der Waals surface area contributed by atoms with Crippen LogP contribution in [-0.4, -0.2) is 222 Å². The molecule has 17 N–H and O–H groups in total. The monoisotopic (exact) mass is 1110 g/mol. The zero-order chi connectivity index (χ0) is 58.4. The maximum atomic E-state index is 14.0. The summed E-state index contributed by atoms with van der Waals surface area (Å²) in [7, 11) is 0. The van der Waals surface area contributed by atoms with Crippen LogP contribution in [0.25, 0.3) is 0 Å². The molecule has 0 bridgehead atoms. The summed E-state index contributed by atoms with van der Waals surface area (Å²) in [6, 6.07) is -15.3. The Bertz CT molecular complexity index is 2150. The molecule has 3 fully saturated rings. The van der Waals surface area contributed by atoms with Gasteiger partial charge in [-0.2, -0.15) is 0 Å². The predicted octanol–water partition coefficient (Wildman–Crippen LogP) is -5.58. The van der Waals surface area contributed by atoms with Gasteiger partial charge in [0, 0.05) is 19.6 Å². The molecule has 0 saturated carbocycles. The summed E-state index contributed by atoms with van der Waals surface area (Å²) in [6.07, 6.45) is -3.77. The molecule has 3 heterocycles. The Labute approximate surface area is 450 Å². The maximum Gasteiger partial charge on any atom is 0.335 e. The van der Waals surface area contributed by atoms with Crippen molar-refractivity contribution in [1.29, 1.82) is 0 Å². The van der Waals surface area contributed by atoms with Crippen molar-refractivity contribution in [2.24, 2.45) is 16.5 Å². The summed E-state index contributed by atoms with van der Waals surface area (Å²) >= 11 is 0. The minimum atomic E-state index is -2.77. The Morgan fingerprint density at radius 1 is 0.667 bits per heavy atom. The normalized spacial score (nSPS) is 27.9. The van der Waals surface area contributed by atoms with E-state index in [2.05, 4.69) is 27.9 Å². The molecule has 0 unspecified atom stereocenters. The largest absolute Gasteiger partial charge is 0.479 e. The number of hydrogen-bond acceptors (Lipinski definition) is 18. The molecule has 440 valence electrons. The van der Waals surface area contributed by atoms with Gasteiger partial charge < -0.3 is 93.7 Å². The Kier molecular flexibility index (Phi) is 27.1. The van der Waals surface area contributed by atoms with Crippen LogP contribution in [0, 0.1) is 0 Å². The molecule has 13 atom stereocenters. The van der Waals surface area contributed by atoms with Crippen molar-refractivity contribution < 1.29 is 93.2 Å². The number of ether oxygens (including phenoxy) is 1. The fourth-order valence-corrected chi connectivity index (χ4v) is 9.24. The Morgan fingerprint density at radius 2 is 1.24 bits per heavy atom. The third-order valence-corrected chi connectivity index (χ3v) is 13.5. The number of aliphatic hydroxyl groups excluding tert-OH is 5. The fraction of sp³-hybridized carbons (Fsp3) is 0.750. The van der Waals surface area contributed by atoms with Crippen molar-refractivity contribution in [2.45, 2.75) is 202 Å². The molecule has 30 heteroatoms. The van der Waals surface area contributed by atoms with Gasteiger partial charge in [0.2, 0.25) is 47.3 Å². The van der Waals surface area contributed by atoms with Crippen LogP contribution in [0.5, 0.6) is 0 Å². The number of esters is 1. The lowest BCUT2D eigenvalue weighted by molar-refractivity contribution is -0.165. The van der Waals surface area contributed by atoms with Crippen LogP contribution in [0.15, 0.2) is 4.99 Å². The van der Waals surface area contributed by atoms with Crippen molar-refractivity contribution in [3.8, 4) is 0 Å². The fourth-order valence-electron chi connectivity index (χ4n) is 9.24. The van der Waals surface area contributed by atoms with E-state index in [0.29, 0.717) is 17.7 Å². The maximum absolute atomic E-state index is 14.0. The lowest BCUT2D eigenvalue weighted by Crippen LogP contribution is -2.64. The second-order valence-electron chi connectivity index (χ2n) is 19.7. The van der Waals surface area contributed by atoms with E-state index in [1.165, 1.54) is 6.92 Å². The molecule has 0 aromatic rings. The number of carboxylic acids is 2. The zero-order valence-electron chi connectivity index (χ0n) is 44.2. The van der Waals surface area contributed by atoms with Gasteiger partial charge in [-0.15, -0.1) is 0 Å². The minimum absolute atomic E-state index is 0.0307. The third kappa shape index (κ3) is 19.6. The predicted molar refractivity (Wildman–Crippen MR) is 270 cm³/mol. The molecular formula is C48H79N11O19. The first kappa shape index (κ1) is 65.5. The molecule has 3 rings (SSSR count). The summed E-state index contributed by atoms with van der Waals surface area (Å²) in [5.74, 6) is -15.6. The molecule has 8 amide bonds. The number of aliphatic carboxylic acids is 2. The lowest BCUT2D eigenvalue weighted by atomic mass is 10.0. The van der Waals surface area contributed by atoms with Crippen molar-refractivity contribution in [1.82, 2.24) is 41.7 Å². The number of aliphatic hydroxyl groups is 5. The van der Waals surface area contributed by atoms with Crippen LogP contribution >= 0.6 is 0 Å². The van der Waals surface area contributed by atoms with E-state index in [4.69, 9.17) is 16.2 Å². The van der Waals surface area contributed by atoms with Crippen molar-refractivity contribution in [3.05, 3.63) is 0 Å². The number of fused-ring (bicyclic) bond motifs is 2. The molecular weight excluding hydrogens is 1030 g/mol. The number of amides is 8. The number of guanidine groups is 1. The van der Waals surface area contributed by atoms with E-state index in [-0.39, 0.29) is 57.6 Å². The summed E-state index contributed by atoms with van der Waals surface area (Å²) in [5, 5.41) is 86.4. The second kappa shape index (κ2) is 32.2. The average Bonchev–Trinajstić information content (AvgIpc) is 4.04. The highest BCUT2D eigenvalue weighted by Crippen LogP contribution is 2.23. The van der Waals surface area contributed by atoms with Crippen LogP contribution in [-0.2, 0) is 57.5 Å². The molecule has 3 aliphatic rings. The number of cyclic esters (lactones) is 1. The van der Waals surface area contributed by atoms with Crippen molar-refractivity contribution in [3.63, 3.8) is 0 Å². The highest BCUT2D eigenvalue weighted by atomic mass is 16.5. The first-order valence-electron chi connectivity index (χ1n) is 26.3. The standard InChI is InChI=1S/C48H79N11O19/c1-4-5-6-7-8-9-10-11-12-15-26-22-31(63)55-32(25(3)61)40(68)52-24(2)43(71)58-20-14-17-29(58)39(67)53-27(16-13-19-51-48(49)50)38(66)56-33(36(64)45(73)74)41(69)54-28(23-60)44(72)59-21-18-30(62)35(59)42(70)57-34(47(77)78-26)37(65)46(75)76/h24-30,32-37,60-62,64-65H,4-23H2,1-3H3,(H,52,68)(H,53,67)(H,54,69)(H,55,63)(H,56,66)(H,57,70)(H,73,74)(H,75,76)(H4,49,50,51)/t24-,25-,26-,27-,28-,29-,30+,32-,33+,34+,35+,36+,37+/m1/s1. The highest BCUT2D eigenvalue weighted by Gasteiger charge is 2.47. The summed E-state index contributed by atoms with van der Waals surface area (Å²) in [5.41, 5.74) is 10.8. The number of carbonyl (C=O) groups is 11. The van der Waals surface area contributed by atoms with Gasteiger partial charge in [-0.25, -0.2) is 14.4 Å². The first-order valence-corrected chi connectivity index (χ1v) is 26.3. The van der Waals surface area contributed by atoms with Gasteiger partial charge in [0.15, 0.2) is 24.2 Å². The van der Waals surface area contributed by atoms with E-state index in [0.717, 1.165) is 56.8 Å². The van der Waals surface area contributed by atoms with Gasteiger partial charge >= 0.3 is 17.9 Å². The van der Waals surface area contributed by atoms with Gasteiger partial charge in [0.1, 0.15) is 48.4 Å². The molecule has 30 nitrogen and oxygen atoms in total. The van der Waals surface area contributed by atoms with E-state index < -0.39 is 164 Å². The summed E-state index contributed by atoms with van der Waals surface area (Å²) < 4.78 is 5.59. The number of nitrogens with two attached hydrogens (primary N) is 2. The molecule has 0 aromatic heterocycles. The van der Waals surface area contributed by atoms with Crippen LogP contribution in [0.1, 0.15) is 124 Å². The van der Waals surface area contributed by atoms with Crippen LogP contribution in [0.3, 0.4) is 0 Å². The number of aliphatic imine (C=N–C) groups is 1. The smallest absolute Gasteiger partial charge is 0.335 e. The second-order valence-corrected chi connectivity index (χ2v) is 19.7. The number of carbonyl (C=O) groups excluding carboxylic acids is 9. The van der Waals surface area contributed by atoms with Crippen LogP contribution in [0.2, 0.25) is 0 Å². The number of carboxylic acid groups (broad SMARTS) is 2. The van der Waals surface area contributed by atoms with Gasteiger partial charge in [-0.1, -0.05) is 58.3 Å². The molecule has 3 saturated heterocycles. The van der Waals surface area contributed by atoms with E-state index in [1.807, 2.05) is 16.0 Å². The SMILES string of the molecule is CCCCCCCCCCC[C@@H]1CC(=O)N[C@H]([C@@H](C)O)C(=O)N[C@H](C)C(=O)N2CCC[C@@H]2C(=O)N[C@H](CCCN=C(N)N)C(=O)N[C@@H]([C@H](O)C(=O)O)C(=O)N[C@H](CO)C(=O)N2CC[C@H](O)[C@H]2C(=O)N[C@@H]([C@H](O)C(=O)O)C(=O)O1. The number of unbranched alkanes of at least 4 members (excludes halogenated alkanes) is 8. The Morgan fingerprint density at radius 3 is 1.83 bits per heavy atom. The molecule has 78 heavy (non-hydrogen) atoms. The molecule has 0 spiro atoms. The quantitative estimate of drug-likeness (QED) is 0.0234. The van der Waals surface area contributed by atoms with Gasteiger partial charge in [0.25, 0.3) is 0 Å². The summed E-state index contributed by atoms with van der Waals surface area (Å²) in [6.45, 7) is 2.57. The van der Waals surface area contributed by atoms with E-state index >= 15 is 0 Å². The number of nitrogens with zero attached hydrogens (tertiary/aromatic N) is 3. The first-order chi connectivity index (χ1) is 36.8. The third-order valence-electron chi connectivity index (χ3n) is 13.5. The van der Waals surface area contributed by atoms with Crippen LogP contribution < -0.4 is 43.4 Å². The average molecular weight is 1110 g/mol. The summed E-state index contributed by atoms with van der Waals surface area (Å²) in [4.78, 5) is 155. The molecule has 3 aliphatic heterocycles. The molecule has 0 aliphatic carbocycles. The van der Waals surface area contributed by atoms with Crippen LogP contribution in [0.4, 0.5) is 0 Å². The number of hydrogen-bond donors (Lipinski definition) is 15. The Hall–Kier alpha value is -6.76. The van der Waals surface area contributed by atoms with Crippen molar-refractivity contribution >= 4 is 71.1 Å². The van der Waals surface area contributed by atoms with E-state index in [9.17, 15) is 88.5 Å². The van der Waals surface area contributed by atoms with Gasteiger partial charge in [-0.3, -0.25) is 43.3 Å². The van der Waals surface area contributed by atoms with Crippen molar-refractivity contribution in [2.75, 3.05) is 26.2 Å². The Balaban J connectivity index is 2.12. The van der Waals surface area contributed by atoms with E-state index in [1.54, 1.807) is 0 Å². The highest BCUT2D eigenvalue weighted by molar-refractivity contribution is 6.00. The number of rotatable bonds is 20. The topological polar surface area (TPSA) is 482 Å². The number of nitrogens with one attached hydrogen (secondary N) is 6. The molecule has 0 radical (unpaired) electrons. The molecule has 0 aromatic carbocycles. The minimum Gasteiger partial charge on any atom is -0.479 e. The van der Waals surface area contributed by atoms with Gasteiger partial charge in [0.05, 0.1) is 25.2 Å². The zero-order valence-corrected chi connectivity index (χ0v) is 44.2. The van der Waals surface area contributed by atoms with Gasteiger partial charge in [-0.05, 0) is 58.8 Å².